The molecular weight excluding hydrogens is 200 g/mol. The van der Waals surface area contributed by atoms with Gasteiger partial charge < -0.3 is 15.6 Å². The minimum atomic E-state index is -1.04. The molecule has 0 aliphatic rings. The molecule has 0 bridgehead atoms. The zero-order valence-corrected chi connectivity index (χ0v) is 8.06. The molecule has 0 radical (unpaired) electrons. The Morgan fingerprint density at radius 3 is 2.73 bits per heavy atom. The Kier molecular flexibility index (Phi) is 3.22. The first-order chi connectivity index (χ1) is 7.02. The number of aromatic nitrogens is 1. The van der Waals surface area contributed by atoms with Crippen molar-refractivity contribution in [2.75, 3.05) is 12.8 Å². The maximum Gasteiger partial charge on any atom is 0.356 e. The minimum Gasteiger partial charge on any atom is -0.481 e. The van der Waals surface area contributed by atoms with Crippen molar-refractivity contribution in [3.63, 3.8) is 0 Å². The molecule has 0 aliphatic heterocycles. The number of nitrogens with two attached hydrogens (primary N) is 1. The van der Waals surface area contributed by atoms with Gasteiger partial charge in [-0.1, -0.05) is 0 Å². The summed E-state index contributed by atoms with van der Waals surface area (Å²) in [5.41, 5.74) is 6.00. The molecule has 0 amide bonds. The number of ether oxygens (including phenoxy) is 1. The molecule has 0 saturated heterocycles. The maximum absolute atomic E-state index is 11.1. The van der Waals surface area contributed by atoms with E-state index in [1.807, 2.05) is 0 Å². The monoisotopic (exact) mass is 210 g/mol. The van der Waals surface area contributed by atoms with Gasteiger partial charge in [0.2, 0.25) is 0 Å². The third kappa shape index (κ3) is 2.94. The number of nitrogen functional groups attached to an aromatic ring is 1. The van der Waals surface area contributed by atoms with E-state index in [0.29, 0.717) is 0 Å². The van der Waals surface area contributed by atoms with Crippen molar-refractivity contribution in [3.05, 3.63) is 23.5 Å². The largest absolute Gasteiger partial charge is 0.481 e. The standard InChI is InChI=1S/C9H10N2O4/c1-15-9(14)7-3-5(10)2-6(11-7)4-8(12)13/h2-3H,4H2,1H3,(H2,10,11)(H,12,13). The maximum atomic E-state index is 11.1. The molecule has 1 aromatic heterocycles. The smallest absolute Gasteiger partial charge is 0.356 e. The molecule has 0 unspecified atom stereocenters. The van der Waals surface area contributed by atoms with Crippen molar-refractivity contribution in [2.24, 2.45) is 0 Å². The number of rotatable bonds is 3. The van der Waals surface area contributed by atoms with Gasteiger partial charge in [-0.15, -0.1) is 0 Å². The molecule has 0 atom stereocenters. The lowest BCUT2D eigenvalue weighted by Gasteiger charge is -2.03. The molecule has 6 heteroatoms. The fraction of sp³-hybridized carbons (Fsp3) is 0.222. The average Bonchev–Trinajstić information content (AvgIpc) is 2.14. The minimum absolute atomic E-state index is 0.00810. The van der Waals surface area contributed by atoms with Crippen LogP contribution in [-0.4, -0.2) is 29.1 Å². The summed E-state index contributed by atoms with van der Waals surface area (Å²) in [4.78, 5) is 25.4. The van der Waals surface area contributed by atoms with Crippen molar-refractivity contribution in [1.82, 2.24) is 4.98 Å². The molecule has 0 aliphatic carbocycles. The highest BCUT2D eigenvalue weighted by atomic mass is 16.5. The van der Waals surface area contributed by atoms with Gasteiger partial charge in [0.05, 0.1) is 19.2 Å². The Hall–Kier alpha value is -2.11. The Labute approximate surface area is 85.7 Å². The van der Waals surface area contributed by atoms with E-state index < -0.39 is 11.9 Å². The van der Waals surface area contributed by atoms with Gasteiger partial charge in [-0.05, 0) is 12.1 Å². The fourth-order valence-electron chi connectivity index (χ4n) is 1.07. The highest BCUT2D eigenvalue weighted by molar-refractivity contribution is 5.88. The van der Waals surface area contributed by atoms with Crippen molar-refractivity contribution in [2.45, 2.75) is 6.42 Å². The van der Waals surface area contributed by atoms with E-state index in [4.69, 9.17) is 10.8 Å². The highest BCUT2D eigenvalue weighted by Gasteiger charge is 2.11. The van der Waals surface area contributed by atoms with E-state index in [1.165, 1.54) is 19.2 Å². The molecule has 0 spiro atoms. The number of aliphatic carboxylic acids is 1. The lowest BCUT2D eigenvalue weighted by molar-refractivity contribution is -0.136. The van der Waals surface area contributed by atoms with E-state index in [2.05, 4.69) is 9.72 Å². The molecule has 1 heterocycles. The highest BCUT2D eigenvalue weighted by Crippen LogP contribution is 2.09. The first-order valence-electron chi connectivity index (χ1n) is 4.09. The van der Waals surface area contributed by atoms with Crippen LogP contribution in [0, 0.1) is 0 Å². The summed E-state index contributed by atoms with van der Waals surface area (Å²) >= 11 is 0. The van der Waals surface area contributed by atoms with E-state index in [-0.39, 0.29) is 23.5 Å². The second-order valence-corrected chi connectivity index (χ2v) is 2.84. The second-order valence-electron chi connectivity index (χ2n) is 2.84. The molecule has 15 heavy (non-hydrogen) atoms. The van der Waals surface area contributed by atoms with Crippen LogP contribution in [0.25, 0.3) is 0 Å². The van der Waals surface area contributed by atoms with Crippen LogP contribution in [0.2, 0.25) is 0 Å². The number of carbonyl (C=O) groups is 2. The number of hydrogen-bond acceptors (Lipinski definition) is 5. The molecule has 0 aromatic carbocycles. The lowest BCUT2D eigenvalue weighted by Crippen LogP contribution is -2.10. The molecule has 0 saturated carbocycles. The van der Waals surface area contributed by atoms with Gasteiger partial charge >= 0.3 is 11.9 Å². The predicted molar refractivity (Wildman–Crippen MR) is 51.3 cm³/mol. The van der Waals surface area contributed by atoms with Crippen molar-refractivity contribution >= 4 is 17.6 Å². The third-order valence-electron chi connectivity index (χ3n) is 1.63. The number of carbonyl (C=O) groups excluding carboxylic acids is 1. The topological polar surface area (TPSA) is 103 Å². The normalized spacial score (nSPS) is 9.67. The summed E-state index contributed by atoms with van der Waals surface area (Å²) < 4.78 is 4.45. The number of pyridine rings is 1. The molecule has 3 N–H and O–H groups in total. The van der Waals surface area contributed by atoms with Crippen LogP contribution >= 0.6 is 0 Å². The van der Waals surface area contributed by atoms with Gasteiger partial charge in [0, 0.05) is 5.69 Å². The second kappa shape index (κ2) is 4.41. The van der Waals surface area contributed by atoms with Crippen LogP contribution in [0.3, 0.4) is 0 Å². The first-order valence-corrected chi connectivity index (χ1v) is 4.09. The van der Waals surface area contributed by atoms with Crippen LogP contribution < -0.4 is 5.73 Å². The number of carboxylic acids is 1. The van der Waals surface area contributed by atoms with Crippen LogP contribution in [0.5, 0.6) is 0 Å². The molecule has 1 rings (SSSR count). The number of hydrogen-bond donors (Lipinski definition) is 2. The van der Waals surface area contributed by atoms with Gasteiger partial charge in [-0.3, -0.25) is 4.79 Å². The lowest BCUT2D eigenvalue weighted by atomic mass is 10.2. The SMILES string of the molecule is COC(=O)c1cc(N)cc(CC(=O)O)n1. The Bertz CT molecular complexity index is 403. The molecule has 80 valence electrons. The summed E-state index contributed by atoms with van der Waals surface area (Å²) in [5, 5.41) is 8.55. The number of carboxylic acid groups (broad SMARTS) is 1. The predicted octanol–water partition coefficient (Wildman–Crippen LogP) is 0.0775. The molecule has 0 fully saturated rings. The van der Waals surface area contributed by atoms with Crippen molar-refractivity contribution in [1.29, 1.82) is 0 Å². The Balaban J connectivity index is 3.04. The quantitative estimate of drug-likeness (QED) is 0.685. The average molecular weight is 210 g/mol. The van der Waals surface area contributed by atoms with Crippen LogP contribution in [0.4, 0.5) is 5.69 Å². The molecule has 1 aromatic rings. The van der Waals surface area contributed by atoms with E-state index >= 15 is 0 Å². The fourth-order valence-corrected chi connectivity index (χ4v) is 1.07. The van der Waals surface area contributed by atoms with E-state index in [9.17, 15) is 9.59 Å². The summed E-state index contributed by atoms with van der Waals surface area (Å²) in [5.74, 6) is -1.68. The first kappa shape index (κ1) is 11.0. The number of nitrogens with zero attached hydrogens (tertiary/aromatic N) is 1. The number of esters is 1. The zero-order valence-electron chi connectivity index (χ0n) is 8.06. The number of anilines is 1. The van der Waals surface area contributed by atoms with Crippen LogP contribution in [0.1, 0.15) is 16.2 Å². The zero-order chi connectivity index (χ0) is 11.4. The van der Waals surface area contributed by atoms with Gasteiger partial charge in [-0.25, -0.2) is 9.78 Å². The van der Waals surface area contributed by atoms with E-state index in [0.717, 1.165) is 0 Å². The van der Waals surface area contributed by atoms with Gasteiger partial charge in [0.25, 0.3) is 0 Å². The van der Waals surface area contributed by atoms with E-state index in [1.54, 1.807) is 0 Å². The van der Waals surface area contributed by atoms with Gasteiger partial charge in [0.15, 0.2) is 5.69 Å². The molecule has 6 nitrogen and oxygen atoms in total. The van der Waals surface area contributed by atoms with Gasteiger partial charge in [0.1, 0.15) is 0 Å². The summed E-state index contributed by atoms with van der Waals surface area (Å²) in [6.07, 6.45) is -0.283. The summed E-state index contributed by atoms with van der Waals surface area (Å²) in [6, 6.07) is 2.73. The summed E-state index contributed by atoms with van der Waals surface area (Å²) in [7, 11) is 1.21. The van der Waals surface area contributed by atoms with Gasteiger partial charge in [-0.2, -0.15) is 0 Å². The number of methoxy groups -OCH3 is 1. The van der Waals surface area contributed by atoms with Crippen molar-refractivity contribution < 1.29 is 19.4 Å². The summed E-state index contributed by atoms with van der Waals surface area (Å²) in [6.45, 7) is 0. The third-order valence-corrected chi connectivity index (χ3v) is 1.63. The Morgan fingerprint density at radius 1 is 1.53 bits per heavy atom. The van der Waals surface area contributed by atoms with Crippen LogP contribution in [-0.2, 0) is 16.0 Å². The van der Waals surface area contributed by atoms with Crippen molar-refractivity contribution in [3.8, 4) is 0 Å². The molecular formula is C9H10N2O4. The Morgan fingerprint density at radius 2 is 2.20 bits per heavy atom. The van der Waals surface area contributed by atoms with Crippen LogP contribution in [0.15, 0.2) is 12.1 Å².